The fraction of sp³-hybridized carbons (Fsp3) is 0.148. The van der Waals surface area contributed by atoms with Crippen molar-refractivity contribution in [2.45, 2.75) is 26.9 Å². The maximum absolute atomic E-state index is 13.5. The third-order valence-corrected chi connectivity index (χ3v) is 5.31. The first kappa shape index (κ1) is 26.1. The molecule has 4 aromatic rings. The molecule has 8 nitrogen and oxygen atoms in total. The van der Waals surface area contributed by atoms with Crippen LogP contribution in [0, 0.1) is 25.7 Å². The van der Waals surface area contributed by atoms with Crippen LogP contribution in [0.2, 0.25) is 0 Å². The number of aryl methyl sites for hydroxylation is 2. The van der Waals surface area contributed by atoms with Crippen molar-refractivity contribution in [3.8, 4) is 17.5 Å². The molecule has 0 fully saturated rings. The Balaban J connectivity index is 1.59. The van der Waals surface area contributed by atoms with E-state index in [2.05, 4.69) is 37.7 Å². The number of carbonyl (C=O) groups excluding carboxylic acids is 2. The molecule has 2 heterocycles. The number of amides is 2. The molecule has 0 unspecified atom stereocenters. The van der Waals surface area contributed by atoms with Crippen LogP contribution >= 0.6 is 0 Å². The zero-order valence-electron chi connectivity index (χ0n) is 20.5. The Labute approximate surface area is 215 Å². The first-order chi connectivity index (χ1) is 18.0. The van der Waals surface area contributed by atoms with Gasteiger partial charge in [0.05, 0.1) is 17.6 Å². The minimum absolute atomic E-state index is 0.0195. The van der Waals surface area contributed by atoms with Gasteiger partial charge < -0.3 is 15.2 Å². The summed E-state index contributed by atoms with van der Waals surface area (Å²) in [5.41, 5.74) is 1.79. The highest BCUT2D eigenvalue weighted by Crippen LogP contribution is 2.33. The second-order valence-electron chi connectivity index (χ2n) is 8.41. The molecule has 2 aromatic carbocycles. The van der Waals surface area contributed by atoms with Gasteiger partial charge in [0.1, 0.15) is 5.69 Å². The summed E-state index contributed by atoms with van der Waals surface area (Å²) in [6.07, 6.45) is -1.62. The summed E-state index contributed by atoms with van der Waals surface area (Å²) in [7, 11) is 0. The molecule has 0 aliphatic rings. The van der Waals surface area contributed by atoms with Crippen LogP contribution in [0.25, 0.3) is 5.69 Å². The van der Waals surface area contributed by atoms with Gasteiger partial charge in [-0.15, -0.1) is 10.2 Å². The van der Waals surface area contributed by atoms with Crippen molar-refractivity contribution < 1.29 is 22.8 Å². The molecular formula is C27H21F3N6O2. The molecule has 0 aliphatic heterocycles. The normalized spacial score (nSPS) is 10.9. The van der Waals surface area contributed by atoms with Crippen molar-refractivity contribution in [2.75, 3.05) is 10.6 Å². The number of benzene rings is 2. The highest BCUT2D eigenvalue weighted by Gasteiger charge is 2.31. The summed E-state index contributed by atoms with van der Waals surface area (Å²) < 4.78 is 42.1. The second-order valence-corrected chi connectivity index (χ2v) is 8.41. The van der Waals surface area contributed by atoms with Crippen LogP contribution in [0.4, 0.5) is 24.7 Å². The largest absolute Gasteiger partial charge is 0.416 e. The average Bonchev–Trinajstić information content (AvgIpc) is 3.29. The number of carbonyl (C=O) groups is 2. The zero-order valence-corrected chi connectivity index (χ0v) is 20.5. The average molecular weight is 518 g/mol. The molecule has 4 rings (SSSR count). The van der Waals surface area contributed by atoms with Crippen molar-refractivity contribution in [1.29, 1.82) is 0 Å². The summed E-state index contributed by atoms with van der Waals surface area (Å²) in [5.74, 6) is 5.20. The Morgan fingerprint density at radius 1 is 0.947 bits per heavy atom. The highest BCUT2D eigenvalue weighted by atomic mass is 19.4. The van der Waals surface area contributed by atoms with E-state index in [-0.39, 0.29) is 22.8 Å². The Kier molecular flexibility index (Phi) is 7.25. The monoisotopic (exact) mass is 518 g/mol. The number of rotatable bonds is 4. The summed E-state index contributed by atoms with van der Waals surface area (Å²) in [5, 5.41) is 12.9. The Bertz CT molecular complexity index is 1580. The summed E-state index contributed by atoms with van der Waals surface area (Å²) >= 11 is 0. The predicted molar refractivity (Wildman–Crippen MR) is 135 cm³/mol. The van der Waals surface area contributed by atoms with E-state index in [1.807, 2.05) is 6.92 Å². The summed E-state index contributed by atoms with van der Waals surface area (Å²) in [4.78, 5) is 28.1. The van der Waals surface area contributed by atoms with Crippen LogP contribution < -0.4 is 10.6 Å². The molecule has 2 N–H and O–H groups in total. The zero-order chi connectivity index (χ0) is 27.4. The fourth-order valence-electron chi connectivity index (χ4n) is 3.44. The van der Waals surface area contributed by atoms with E-state index in [1.54, 1.807) is 43.5 Å². The molecule has 2 amide bonds. The third-order valence-electron chi connectivity index (χ3n) is 5.31. The van der Waals surface area contributed by atoms with Gasteiger partial charge in [0.15, 0.2) is 5.82 Å². The smallest absolute Gasteiger partial charge is 0.322 e. The van der Waals surface area contributed by atoms with Gasteiger partial charge in [-0.2, -0.15) is 13.2 Å². The number of hydrogen-bond acceptors (Lipinski definition) is 5. The fourth-order valence-corrected chi connectivity index (χ4v) is 3.44. The number of halogens is 3. The van der Waals surface area contributed by atoms with E-state index in [9.17, 15) is 22.8 Å². The number of alkyl halides is 3. The van der Waals surface area contributed by atoms with Gasteiger partial charge in [-0.05, 0) is 67.8 Å². The molecule has 0 spiro atoms. The number of aromatic nitrogens is 4. The van der Waals surface area contributed by atoms with Gasteiger partial charge >= 0.3 is 6.18 Å². The quantitative estimate of drug-likeness (QED) is 0.374. The first-order valence-electron chi connectivity index (χ1n) is 11.3. The Morgan fingerprint density at radius 2 is 1.74 bits per heavy atom. The Hall–Kier alpha value is -4.98. The third kappa shape index (κ3) is 6.41. The van der Waals surface area contributed by atoms with Crippen molar-refractivity contribution in [2.24, 2.45) is 0 Å². The predicted octanol–water partition coefficient (Wildman–Crippen LogP) is 4.91. The molecule has 0 radical (unpaired) electrons. The van der Waals surface area contributed by atoms with Crippen LogP contribution in [0.15, 0.2) is 61.1 Å². The van der Waals surface area contributed by atoms with E-state index in [4.69, 9.17) is 0 Å². The van der Waals surface area contributed by atoms with Crippen LogP contribution in [0.3, 0.4) is 0 Å². The van der Waals surface area contributed by atoms with Gasteiger partial charge in [-0.1, -0.05) is 12.0 Å². The highest BCUT2D eigenvalue weighted by molar-refractivity contribution is 6.04. The van der Waals surface area contributed by atoms with E-state index in [0.717, 1.165) is 17.7 Å². The minimum atomic E-state index is -4.61. The van der Waals surface area contributed by atoms with Gasteiger partial charge in [0.2, 0.25) is 5.91 Å². The van der Waals surface area contributed by atoms with Crippen LogP contribution in [0.1, 0.15) is 45.4 Å². The van der Waals surface area contributed by atoms with Crippen molar-refractivity contribution in [3.05, 3.63) is 94.7 Å². The molecule has 11 heteroatoms. The number of nitrogens with one attached hydrogen (secondary N) is 2. The standard InChI is InChI=1S/C27H21F3N6O2/c1-16-4-5-20(10-19(16)6-7-22-8-9-25(35-34-22)32-18(3)37)26(38)33-23-11-21(27(28,29)30)12-24(13-23)36-14-17(2)31-15-36/h4-5,8-15H,1-3H3,(H,33,38)(H,32,35,37). The number of nitrogens with zero attached hydrogens (tertiary/aromatic N) is 4. The molecule has 0 bridgehead atoms. The van der Waals surface area contributed by atoms with Crippen LogP contribution in [0.5, 0.6) is 0 Å². The summed E-state index contributed by atoms with van der Waals surface area (Å²) in [6, 6.07) is 11.2. The molecule has 0 saturated carbocycles. The van der Waals surface area contributed by atoms with Crippen molar-refractivity contribution in [1.82, 2.24) is 19.7 Å². The molecule has 192 valence electrons. The lowest BCUT2D eigenvalue weighted by Gasteiger charge is -2.14. The van der Waals surface area contributed by atoms with E-state index in [1.165, 1.54) is 23.9 Å². The molecule has 38 heavy (non-hydrogen) atoms. The Morgan fingerprint density at radius 3 is 2.37 bits per heavy atom. The molecule has 2 aromatic heterocycles. The van der Waals surface area contributed by atoms with E-state index >= 15 is 0 Å². The second kappa shape index (κ2) is 10.6. The molecule has 0 atom stereocenters. The van der Waals surface area contributed by atoms with E-state index in [0.29, 0.717) is 22.8 Å². The maximum Gasteiger partial charge on any atom is 0.416 e. The van der Waals surface area contributed by atoms with Crippen LogP contribution in [-0.4, -0.2) is 31.6 Å². The van der Waals surface area contributed by atoms with Gasteiger partial charge in [-0.3, -0.25) is 9.59 Å². The number of anilines is 2. The maximum atomic E-state index is 13.5. The lowest BCUT2D eigenvalue weighted by Crippen LogP contribution is -2.14. The number of imidazole rings is 1. The number of hydrogen-bond donors (Lipinski definition) is 2. The molecule has 0 saturated heterocycles. The van der Waals surface area contributed by atoms with E-state index < -0.39 is 17.6 Å². The van der Waals surface area contributed by atoms with Gasteiger partial charge in [0.25, 0.3) is 5.91 Å². The lowest BCUT2D eigenvalue weighted by molar-refractivity contribution is -0.137. The van der Waals surface area contributed by atoms with Crippen LogP contribution in [-0.2, 0) is 11.0 Å². The van der Waals surface area contributed by atoms with Gasteiger partial charge in [-0.25, -0.2) is 4.98 Å². The summed E-state index contributed by atoms with van der Waals surface area (Å²) in [6.45, 7) is 4.88. The molecular weight excluding hydrogens is 497 g/mol. The van der Waals surface area contributed by atoms with Gasteiger partial charge in [0, 0.05) is 35.6 Å². The first-order valence-corrected chi connectivity index (χ1v) is 11.3. The minimum Gasteiger partial charge on any atom is -0.322 e. The lowest BCUT2D eigenvalue weighted by atomic mass is 10.0. The SMILES string of the molecule is CC(=O)Nc1ccc(C#Cc2cc(C(=O)Nc3cc(-n4cnc(C)c4)cc(C(F)(F)F)c3)ccc2C)nn1. The van der Waals surface area contributed by atoms with Crippen molar-refractivity contribution >= 4 is 23.3 Å². The molecule has 0 aliphatic carbocycles. The van der Waals surface area contributed by atoms with Crippen molar-refractivity contribution in [3.63, 3.8) is 0 Å². The topological polar surface area (TPSA) is 102 Å².